The lowest BCUT2D eigenvalue weighted by Gasteiger charge is -2.35. The number of hydrogen-bond acceptors (Lipinski definition) is 7. The maximum absolute atomic E-state index is 12.7. The van der Waals surface area contributed by atoms with Gasteiger partial charge in [-0.25, -0.2) is 4.98 Å². The molecule has 0 atom stereocenters. The fourth-order valence-corrected chi connectivity index (χ4v) is 4.73. The van der Waals surface area contributed by atoms with Crippen LogP contribution in [-0.2, 0) is 4.79 Å². The standard InChI is InChI=1S/C23H20ClN5O3S/c24-17-8-4-5-9-18(17)32-15-21(31)28-12-10-27(11-13-28)19-14-20(30)29-23(25-19)33-22(26-29)16-6-2-1-3-7-16/h1-9,14H,10-13,15H2. The van der Waals surface area contributed by atoms with Gasteiger partial charge in [-0.05, 0) is 12.1 Å². The van der Waals surface area contributed by atoms with E-state index in [9.17, 15) is 9.59 Å². The largest absolute Gasteiger partial charge is 0.482 e. The quantitative estimate of drug-likeness (QED) is 0.435. The molecule has 0 bridgehead atoms. The summed E-state index contributed by atoms with van der Waals surface area (Å²) in [7, 11) is 0. The van der Waals surface area contributed by atoms with E-state index in [1.54, 1.807) is 17.0 Å². The summed E-state index contributed by atoms with van der Waals surface area (Å²) in [6.07, 6.45) is 0. The van der Waals surface area contributed by atoms with Gasteiger partial charge >= 0.3 is 0 Å². The number of piperazine rings is 1. The molecule has 0 unspecified atom stereocenters. The first kappa shape index (κ1) is 21.4. The molecule has 1 aliphatic heterocycles. The van der Waals surface area contributed by atoms with E-state index >= 15 is 0 Å². The van der Waals surface area contributed by atoms with Gasteiger partial charge in [-0.15, -0.1) is 0 Å². The van der Waals surface area contributed by atoms with E-state index in [0.717, 1.165) is 10.6 Å². The van der Waals surface area contributed by atoms with Crippen LogP contribution in [0.4, 0.5) is 5.82 Å². The van der Waals surface area contributed by atoms with Gasteiger partial charge in [0, 0.05) is 37.8 Å². The van der Waals surface area contributed by atoms with Crippen LogP contribution in [0.1, 0.15) is 0 Å². The van der Waals surface area contributed by atoms with Gasteiger partial charge in [-0.3, -0.25) is 9.59 Å². The second-order valence-corrected chi connectivity index (χ2v) is 8.87. The zero-order valence-electron chi connectivity index (χ0n) is 17.6. The normalized spacial score (nSPS) is 14.0. The minimum atomic E-state index is -0.222. The van der Waals surface area contributed by atoms with Crippen LogP contribution in [0.25, 0.3) is 15.5 Å². The lowest BCUT2D eigenvalue weighted by molar-refractivity contribution is -0.133. The van der Waals surface area contributed by atoms with Crippen LogP contribution in [0, 0.1) is 0 Å². The number of aromatic nitrogens is 3. The molecule has 1 amide bonds. The van der Waals surface area contributed by atoms with Crippen molar-refractivity contribution in [2.24, 2.45) is 0 Å². The highest BCUT2D eigenvalue weighted by molar-refractivity contribution is 7.19. The average Bonchev–Trinajstić information content (AvgIpc) is 3.29. The van der Waals surface area contributed by atoms with Crippen molar-refractivity contribution < 1.29 is 9.53 Å². The zero-order valence-corrected chi connectivity index (χ0v) is 19.1. The Balaban J connectivity index is 1.25. The molecule has 2 aromatic heterocycles. The summed E-state index contributed by atoms with van der Waals surface area (Å²) in [4.78, 5) is 34.2. The monoisotopic (exact) mass is 481 g/mol. The van der Waals surface area contributed by atoms with Crippen LogP contribution in [0.15, 0.2) is 65.5 Å². The Morgan fingerprint density at radius 2 is 1.76 bits per heavy atom. The molecule has 3 heterocycles. The Hall–Kier alpha value is -3.43. The van der Waals surface area contributed by atoms with Gasteiger partial charge in [-0.1, -0.05) is 65.4 Å². The van der Waals surface area contributed by atoms with Crippen LogP contribution in [0.5, 0.6) is 5.75 Å². The molecule has 0 radical (unpaired) electrons. The van der Waals surface area contributed by atoms with Gasteiger partial charge in [-0.2, -0.15) is 9.61 Å². The minimum absolute atomic E-state index is 0.0710. The molecule has 1 aliphatic rings. The molecule has 2 aromatic carbocycles. The Kier molecular flexibility index (Phi) is 5.97. The molecule has 33 heavy (non-hydrogen) atoms. The summed E-state index contributed by atoms with van der Waals surface area (Å²) in [6.45, 7) is 2.11. The summed E-state index contributed by atoms with van der Waals surface area (Å²) in [5.74, 6) is 0.985. The SMILES string of the molecule is O=C(COc1ccccc1Cl)N1CCN(c2cc(=O)n3nc(-c4ccccc4)sc3n2)CC1. The van der Waals surface area contributed by atoms with Crippen molar-refractivity contribution >= 4 is 39.6 Å². The Bertz CT molecular complexity index is 1350. The van der Waals surface area contributed by atoms with Crippen LogP contribution >= 0.6 is 22.9 Å². The van der Waals surface area contributed by atoms with Crippen LogP contribution < -0.4 is 15.2 Å². The van der Waals surface area contributed by atoms with E-state index in [0.29, 0.717) is 47.7 Å². The van der Waals surface area contributed by atoms with Crippen LogP contribution in [-0.4, -0.2) is 58.2 Å². The van der Waals surface area contributed by atoms with E-state index in [4.69, 9.17) is 16.3 Å². The lowest BCUT2D eigenvalue weighted by atomic mass is 10.2. The van der Waals surface area contributed by atoms with E-state index in [2.05, 4.69) is 10.1 Å². The number of hydrogen-bond donors (Lipinski definition) is 0. The van der Waals surface area contributed by atoms with Crippen molar-refractivity contribution in [2.75, 3.05) is 37.7 Å². The van der Waals surface area contributed by atoms with Crippen LogP contribution in [0.3, 0.4) is 0 Å². The summed E-state index contributed by atoms with van der Waals surface area (Å²) < 4.78 is 6.90. The van der Waals surface area contributed by atoms with Gasteiger partial charge in [0.15, 0.2) is 6.61 Å². The van der Waals surface area contributed by atoms with Gasteiger partial charge in [0.1, 0.15) is 16.6 Å². The van der Waals surface area contributed by atoms with Gasteiger partial charge < -0.3 is 14.5 Å². The third-order valence-corrected chi connectivity index (χ3v) is 6.67. The van der Waals surface area contributed by atoms with E-state index < -0.39 is 0 Å². The molecular weight excluding hydrogens is 462 g/mol. The third kappa shape index (κ3) is 4.55. The van der Waals surface area contributed by atoms with E-state index in [-0.39, 0.29) is 18.1 Å². The number of para-hydroxylation sites is 1. The molecule has 8 nitrogen and oxygen atoms in total. The summed E-state index contributed by atoms with van der Waals surface area (Å²) in [6, 6.07) is 18.3. The smallest absolute Gasteiger partial charge is 0.277 e. The molecule has 10 heteroatoms. The van der Waals surface area contributed by atoms with Gasteiger partial charge in [0.25, 0.3) is 11.5 Å². The number of nitrogens with zero attached hydrogens (tertiary/aromatic N) is 5. The van der Waals surface area contributed by atoms with E-state index in [1.807, 2.05) is 47.4 Å². The number of benzene rings is 2. The molecule has 0 saturated carbocycles. The van der Waals surface area contributed by atoms with Gasteiger partial charge in [0.2, 0.25) is 4.96 Å². The number of carbonyl (C=O) groups excluding carboxylic acids is 1. The van der Waals surface area contributed by atoms with Crippen molar-refractivity contribution in [1.29, 1.82) is 0 Å². The molecule has 1 fully saturated rings. The number of carbonyl (C=O) groups is 1. The molecule has 0 N–H and O–H groups in total. The van der Waals surface area contributed by atoms with Crippen molar-refractivity contribution in [3.8, 4) is 16.3 Å². The van der Waals surface area contributed by atoms with Crippen molar-refractivity contribution in [3.05, 3.63) is 76.0 Å². The summed E-state index contributed by atoms with van der Waals surface area (Å²) >= 11 is 7.45. The predicted octanol–water partition coefficient (Wildman–Crippen LogP) is 3.20. The first-order valence-electron chi connectivity index (χ1n) is 10.4. The zero-order chi connectivity index (χ0) is 22.8. The maximum Gasteiger partial charge on any atom is 0.277 e. The lowest BCUT2D eigenvalue weighted by Crippen LogP contribution is -2.50. The maximum atomic E-state index is 12.7. The molecular formula is C23H20ClN5O3S. The first-order valence-corrected chi connectivity index (χ1v) is 11.6. The number of ether oxygens (including phenoxy) is 1. The predicted molar refractivity (Wildman–Crippen MR) is 128 cm³/mol. The number of anilines is 1. The third-order valence-electron chi connectivity index (χ3n) is 5.40. The number of halogens is 1. The van der Waals surface area contributed by atoms with Crippen molar-refractivity contribution in [1.82, 2.24) is 19.5 Å². The van der Waals surface area contributed by atoms with Gasteiger partial charge in [0.05, 0.1) is 5.02 Å². The molecule has 0 aliphatic carbocycles. The number of amides is 1. The molecule has 4 aromatic rings. The Morgan fingerprint density at radius 3 is 2.52 bits per heavy atom. The first-order chi connectivity index (χ1) is 16.1. The molecule has 0 spiro atoms. The molecule has 1 saturated heterocycles. The fraction of sp³-hybridized carbons (Fsp3) is 0.217. The second-order valence-electron chi connectivity index (χ2n) is 7.51. The highest BCUT2D eigenvalue weighted by Gasteiger charge is 2.23. The number of fused-ring (bicyclic) bond motifs is 1. The second kappa shape index (κ2) is 9.21. The highest BCUT2D eigenvalue weighted by atomic mass is 35.5. The minimum Gasteiger partial charge on any atom is -0.482 e. The van der Waals surface area contributed by atoms with E-state index in [1.165, 1.54) is 21.9 Å². The topological polar surface area (TPSA) is 80.0 Å². The Labute approximate surface area is 198 Å². The average molecular weight is 482 g/mol. The highest BCUT2D eigenvalue weighted by Crippen LogP contribution is 2.25. The van der Waals surface area contributed by atoms with Crippen LogP contribution in [0.2, 0.25) is 5.02 Å². The van der Waals surface area contributed by atoms with Crippen molar-refractivity contribution in [2.45, 2.75) is 0 Å². The summed E-state index contributed by atoms with van der Waals surface area (Å²) in [5.41, 5.74) is 0.722. The number of rotatable bonds is 5. The molecule has 168 valence electrons. The summed E-state index contributed by atoms with van der Waals surface area (Å²) in [5, 5.41) is 5.64. The Morgan fingerprint density at radius 1 is 1.03 bits per heavy atom. The van der Waals surface area contributed by atoms with Crippen molar-refractivity contribution in [3.63, 3.8) is 0 Å². The fourth-order valence-electron chi connectivity index (χ4n) is 3.64. The molecule has 5 rings (SSSR count).